The number of nitrogens with one attached hydrogen (secondary N) is 1. The number of thiophene rings is 1. The molecule has 2 amide bonds. The molecule has 0 bridgehead atoms. The van der Waals surface area contributed by atoms with Crippen molar-refractivity contribution >= 4 is 39.2 Å². The number of unbranched alkanes of at least 4 members (excludes halogenated alkanes) is 2. The second-order valence-electron chi connectivity index (χ2n) is 6.91. The minimum atomic E-state index is -0.577. The molecule has 0 unspecified atom stereocenters. The normalized spacial score (nSPS) is 11.1. The Bertz CT molecular complexity index is 1130. The fraction of sp³-hybridized carbons (Fsp3) is 0.421. The van der Waals surface area contributed by atoms with E-state index in [2.05, 4.69) is 22.3 Å². The summed E-state index contributed by atoms with van der Waals surface area (Å²) in [4.78, 5) is 42.2. The Kier molecular flexibility index (Phi) is 6.12. The first kappa shape index (κ1) is 20.7. The predicted octanol–water partition coefficient (Wildman–Crippen LogP) is 1.97. The van der Waals surface area contributed by atoms with Crippen LogP contribution in [-0.2, 0) is 24.8 Å². The lowest BCUT2D eigenvalue weighted by atomic mass is 10.1. The van der Waals surface area contributed by atoms with Crippen LogP contribution in [0.5, 0.6) is 0 Å². The fourth-order valence-electron chi connectivity index (χ4n) is 3.22. The van der Waals surface area contributed by atoms with E-state index in [0.29, 0.717) is 21.6 Å². The lowest BCUT2D eigenvalue weighted by molar-refractivity contribution is -0.116. The zero-order valence-corrected chi connectivity index (χ0v) is 17.5. The van der Waals surface area contributed by atoms with E-state index in [1.165, 1.54) is 33.1 Å². The third-order valence-corrected chi connectivity index (χ3v) is 6.05. The van der Waals surface area contributed by atoms with Gasteiger partial charge in [-0.3, -0.25) is 23.6 Å². The van der Waals surface area contributed by atoms with Gasteiger partial charge in [-0.25, -0.2) is 4.98 Å². The molecule has 0 aliphatic carbocycles. The third-order valence-electron chi connectivity index (χ3n) is 4.78. The average Bonchev–Trinajstić information content (AvgIpc) is 3.18. The minimum absolute atomic E-state index is 0.225. The maximum absolute atomic E-state index is 12.6. The van der Waals surface area contributed by atoms with Gasteiger partial charge in [-0.05, 0) is 25.3 Å². The number of anilines is 1. The van der Waals surface area contributed by atoms with Crippen LogP contribution < -0.4 is 16.6 Å². The number of fused-ring (bicyclic) bond motifs is 1. The van der Waals surface area contributed by atoms with E-state index < -0.39 is 11.8 Å². The molecule has 0 aromatic carbocycles. The van der Waals surface area contributed by atoms with Crippen LogP contribution in [0.25, 0.3) is 11.0 Å². The van der Waals surface area contributed by atoms with Gasteiger partial charge in [0.05, 0.1) is 11.8 Å². The molecule has 0 aliphatic heterocycles. The van der Waals surface area contributed by atoms with Crippen molar-refractivity contribution in [2.75, 3.05) is 5.32 Å². The number of aryl methyl sites for hydroxylation is 2. The molecule has 3 rings (SSSR count). The van der Waals surface area contributed by atoms with Gasteiger partial charge in [0, 0.05) is 11.9 Å². The van der Waals surface area contributed by atoms with E-state index in [0.717, 1.165) is 36.1 Å². The molecular weight excluding hydrogens is 392 g/mol. The molecule has 0 spiro atoms. The second-order valence-corrected chi connectivity index (χ2v) is 8.01. The molecule has 3 N–H and O–H groups in total. The Morgan fingerprint density at radius 3 is 2.76 bits per heavy atom. The van der Waals surface area contributed by atoms with Crippen LogP contribution in [0.3, 0.4) is 0 Å². The number of rotatable bonds is 8. The first-order valence-corrected chi connectivity index (χ1v) is 10.2. The topological polar surface area (TPSA) is 125 Å². The van der Waals surface area contributed by atoms with Crippen LogP contribution in [0.15, 0.2) is 17.3 Å². The molecule has 0 radical (unpaired) electrons. The number of primary amides is 1. The molecule has 10 heteroatoms. The summed E-state index contributed by atoms with van der Waals surface area (Å²) in [6, 6.07) is 0. The highest BCUT2D eigenvalue weighted by molar-refractivity contribution is 7.17. The van der Waals surface area contributed by atoms with Gasteiger partial charge >= 0.3 is 0 Å². The maximum atomic E-state index is 12.6. The van der Waals surface area contributed by atoms with Gasteiger partial charge in [-0.15, -0.1) is 11.3 Å². The van der Waals surface area contributed by atoms with E-state index in [4.69, 9.17) is 5.73 Å². The third kappa shape index (κ3) is 4.21. The quantitative estimate of drug-likeness (QED) is 0.543. The molecule has 0 atom stereocenters. The van der Waals surface area contributed by atoms with Crippen molar-refractivity contribution in [3.8, 4) is 0 Å². The summed E-state index contributed by atoms with van der Waals surface area (Å²) in [6.07, 6.45) is 6.78. The average molecular weight is 417 g/mol. The van der Waals surface area contributed by atoms with Crippen LogP contribution in [0.2, 0.25) is 0 Å². The number of hydrogen-bond acceptors (Lipinski definition) is 6. The molecule has 3 aromatic heterocycles. The number of nitrogens with zero attached hydrogens (tertiary/aromatic N) is 4. The molecule has 0 fully saturated rings. The molecule has 9 nitrogen and oxygen atoms in total. The number of carbonyl (C=O) groups excluding carboxylic acids is 2. The number of nitrogens with two attached hydrogens (primary N) is 1. The van der Waals surface area contributed by atoms with E-state index >= 15 is 0 Å². The molecule has 3 aromatic rings. The molecule has 0 aliphatic rings. The smallest absolute Gasteiger partial charge is 0.264 e. The Morgan fingerprint density at radius 2 is 2.07 bits per heavy atom. The fourth-order valence-corrected chi connectivity index (χ4v) is 4.49. The standard InChI is InChI=1S/C19H24N6O3S/c1-4-5-6-7-13-11(2)15(16(20)27)18(29-13)23-14(26)9-25-10-21-17-12(19(25)28)8-22-24(17)3/h8,10H,4-7,9H2,1-3H3,(H2,20,27)(H,23,26). The zero-order valence-electron chi connectivity index (χ0n) is 16.7. The maximum Gasteiger partial charge on any atom is 0.264 e. The Morgan fingerprint density at radius 1 is 1.31 bits per heavy atom. The van der Waals surface area contributed by atoms with E-state index in [9.17, 15) is 14.4 Å². The number of aromatic nitrogens is 4. The highest BCUT2D eigenvalue weighted by Crippen LogP contribution is 2.34. The summed E-state index contributed by atoms with van der Waals surface area (Å²) in [5, 5.41) is 7.52. The summed E-state index contributed by atoms with van der Waals surface area (Å²) in [7, 11) is 1.69. The molecule has 29 heavy (non-hydrogen) atoms. The lowest BCUT2D eigenvalue weighted by Gasteiger charge is -2.07. The van der Waals surface area contributed by atoms with E-state index in [1.807, 2.05) is 6.92 Å². The van der Waals surface area contributed by atoms with Gasteiger partial charge in [0.15, 0.2) is 5.65 Å². The van der Waals surface area contributed by atoms with Crippen LogP contribution in [0, 0.1) is 6.92 Å². The van der Waals surface area contributed by atoms with Gasteiger partial charge in [0.25, 0.3) is 11.5 Å². The van der Waals surface area contributed by atoms with Crippen molar-refractivity contribution in [1.29, 1.82) is 0 Å². The second kappa shape index (κ2) is 8.56. The Hall–Kier alpha value is -3.01. The van der Waals surface area contributed by atoms with Gasteiger partial charge in [-0.1, -0.05) is 19.8 Å². The van der Waals surface area contributed by atoms with Crippen molar-refractivity contribution < 1.29 is 9.59 Å². The van der Waals surface area contributed by atoms with Crippen molar-refractivity contribution in [3.05, 3.63) is 38.9 Å². The monoisotopic (exact) mass is 416 g/mol. The van der Waals surface area contributed by atoms with Crippen LogP contribution in [0.4, 0.5) is 5.00 Å². The van der Waals surface area contributed by atoms with Crippen molar-refractivity contribution in [2.45, 2.75) is 46.1 Å². The van der Waals surface area contributed by atoms with Crippen LogP contribution >= 0.6 is 11.3 Å². The summed E-state index contributed by atoms with van der Waals surface area (Å²) in [5.74, 6) is -1.01. The van der Waals surface area contributed by atoms with E-state index in [-0.39, 0.29) is 12.1 Å². The number of amides is 2. The molecule has 0 saturated heterocycles. The first-order valence-electron chi connectivity index (χ1n) is 9.42. The van der Waals surface area contributed by atoms with Gasteiger partial charge in [0.1, 0.15) is 23.3 Å². The van der Waals surface area contributed by atoms with E-state index in [1.54, 1.807) is 7.05 Å². The largest absolute Gasteiger partial charge is 0.365 e. The van der Waals surface area contributed by atoms with Crippen molar-refractivity contribution in [2.24, 2.45) is 12.8 Å². The number of carbonyl (C=O) groups is 2. The molecular formula is C19H24N6O3S. The molecule has 154 valence electrons. The SMILES string of the molecule is CCCCCc1sc(NC(=O)Cn2cnc3c(cnn3C)c2=O)c(C(N)=O)c1C. The molecule has 3 heterocycles. The minimum Gasteiger partial charge on any atom is -0.365 e. The van der Waals surface area contributed by atoms with Gasteiger partial charge in [0.2, 0.25) is 5.91 Å². The highest BCUT2D eigenvalue weighted by Gasteiger charge is 2.21. The van der Waals surface area contributed by atoms with Crippen molar-refractivity contribution in [3.63, 3.8) is 0 Å². The summed E-state index contributed by atoms with van der Waals surface area (Å²) >= 11 is 1.36. The van der Waals surface area contributed by atoms with Crippen LogP contribution in [0.1, 0.15) is 47.0 Å². The lowest BCUT2D eigenvalue weighted by Crippen LogP contribution is -2.28. The number of hydrogen-bond donors (Lipinski definition) is 2. The molecule has 0 saturated carbocycles. The summed E-state index contributed by atoms with van der Waals surface area (Å²) in [5.41, 5.74) is 6.79. The first-order chi connectivity index (χ1) is 13.8. The van der Waals surface area contributed by atoms with Gasteiger partial charge < -0.3 is 11.1 Å². The predicted molar refractivity (Wildman–Crippen MR) is 112 cm³/mol. The van der Waals surface area contributed by atoms with Crippen molar-refractivity contribution in [1.82, 2.24) is 19.3 Å². The van der Waals surface area contributed by atoms with Crippen LogP contribution in [-0.4, -0.2) is 31.1 Å². The Labute approximate surface area is 171 Å². The highest BCUT2D eigenvalue weighted by atomic mass is 32.1. The van der Waals surface area contributed by atoms with Gasteiger partial charge in [-0.2, -0.15) is 5.10 Å². The summed E-state index contributed by atoms with van der Waals surface area (Å²) < 4.78 is 2.71. The summed E-state index contributed by atoms with van der Waals surface area (Å²) in [6.45, 7) is 3.75. The zero-order chi connectivity index (χ0) is 21.1. The Balaban J connectivity index is 1.81.